The first-order valence-electron chi connectivity index (χ1n) is 10.3. The van der Waals surface area contributed by atoms with Crippen LogP contribution in [0.3, 0.4) is 0 Å². The van der Waals surface area contributed by atoms with Crippen molar-refractivity contribution in [2.24, 2.45) is 0 Å². The van der Waals surface area contributed by atoms with Crippen LogP contribution in [0.4, 0.5) is 0 Å². The van der Waals surface area contributed by atoms with E-state index in [4.69, 9.17) is 0 Å². The maximum atomic E-state index is 13.0. The first-order valence-corrected chi connectivity index (χ1v) is 10.3. The average Bonchev–Trinajstić information content (AvgIpc) is 3.10. The Labute approximate surface area is 181 Å². The highest BCUT2D eigenvalue weighted by atomic mass is 16.2. The molecular formula is C23H29N5O3. The Hall–Kier alpha value is -3.42. The quantitative estimate of drug-likeness (QED) is 0.585. The van der Waals surface area contributed by atoms with Crippen LogP contribution in [0.1, 0.15) is 80.2 Å². The molecule has 0 fully saturated rings. The molecule has 2 amide bonds. The molecule has 0 radical (unpaired) electrons. The molecule has 1 unspecified atom stereocenters. The molecule has 3 rings (SSSR count). The number of para-hydroxylation sites is 2. The van der Waals surface area contributed by atoms with Crippen LogP contribution in [0.25, 0.3) is 11.0 Å². The highest BCUT2D eigenvalue weighted by molar-refractivity contribution is 5.99. The smallest absolute Gasteiger partial charge is 0.257 e. The summed E-state index contributed by atoms with van der Waals surface area (Å²) >= 11 is 0. The van der Waals surface area contributed by atoms with Gasteiger partial charge >= 0.3 is 0 Å². The number of fused-ring (bicyclic) bond motifs is 1. The molecule has 2 heterocycles. The summed E-state index contributed by atoms with van der Waals surface area (Å²) in [4.78, 5) is 46.4. The van der Waals surface area contributed by atoms with Crippen LogP contribution in [0.2, 0.25) is 0 Å². The first kappa shape index (κ1) is 22.3. The van der Waals surface area contributed by atoms with Crippen molar-refractivity contribution in [1.82, 2.24) is 25.2 Å². The molecule has 1 aromatic carbocycles. The van der Waals surface area contributed by atoms with Crippen LogP contribution >= 0.6 is 0 Å². The van der Waals surface area contributed by atoms with Gasteiger partial charge in [-0.15, -0.1) is 0 Å². The highest BCUT2D eigenvalue weighted by Gasteiger charge is 2.24. The summed E-state index contributed by atoms with van der Waals surface area (Å²) < 4.78 is 1.69. The van der Waals surface area contributed by atoms with Gasteiger partial charge in [0.05, 0.1) is 17.1 Å². The van der Waals surface area contributed by atoms with Crippen LogP contribution in [0, 0.1) is 0 Å². The van der Waals surface area contributed by atoms with Gasteiger partial charge in [-0.25, -0.2) is 4.98 Å². The van der Waals surface area contributed by atoms with Crippen LogP contribution in [-0.4, -0.2) is 31.9 Å². The fraction of sp³-hybridized carbons (Fsp3) is 0.391. The highest BCUT2D eigenvalue weighted by Crippen LogP contribution is 2.16. The molecule has 2 aromatic heterocycles. The Kier molecular flexibility index (Phi) is 6.01. The number of aromatic nitrogens is 3. The first-order chi connectivity index (χ1) is 14.5. The SMILES string of the molecule is CC(NC(=O)c1cn(C(C)C)cc(C(=O)NC(C)(C)C)c1=O)c1nc2ccccc2[nH]1. The van der Waals surface area contributed by atoms with Crippen LogP contribution in [0.15, 0.2) is 41.5 Å². The summed E-state index contributed by atoms with van der Waals surface area (Å²) in [7, 11) is 0. The lowest BCUT2D eigenvalue weighted by Crippen LogP contribution is -2.43. The molecular weight excluding hydrogens is 394 g/mol. The van der Waals surface area contributed by atoms with E-state index >= 15 is 0 Å². The summed E-state index contributed by atoms with van der Waals surface area (Å²) in [5.41, 5.74) is 0.391. The number of hydrogen-bond donors (Lipinski definition) is 3. The number of nitrogens with zero attached hydrogens (tertiary/aromatic N) is 2. The van der Waals surface area contributed by atoms with Gasteiger partial charge < -0.3 is 20.2 Å². The summed E-state index contributed by atoms with van der Waals surface area (Å²) in [5, 5.41) is 5.61. The molecule has 0 saturated heterocycles. The molecule has 0 bridgehead atoms. The number of imidazole rings is 1. The lowest BCUT2D eigenvalue weighted by Gasteiger charge is -2.21. The van der Waals surface area contributed by atoms with Gasteiger partial charge in [0, 0.05) is 24.0 Å². The summed E-state index contributed by atoms with van der Waals surface area (Å²) in [6, 6.07) is 7.07. The minimum absolute atomic E-state index is 0.0406. The van der Waals surface area contributed by atoms with Gasteiger partial charge in [-0.1, -0.05) is 12.1 Å². The van der Waals surface area contributed by atoms with E-state index in [0.29, 0.717) is 5.82 Å². The van der Waals surface area contributed by atoms with Crippen molar-refractivity contribution in [1.29, 1.82) is 0 Å². The number of rotatable bonds is 5. The zero-order valence-corrected chi connectivity index (χ0v) is 18.7. The van der Waals surface area contributed by atoms with Crippen molar-refractivity contribution in [2.45, 2.75) is 59.2 Å². The van der Waals surface area contributed by atoms with E-state index in [9.17, 15) is 14.4 Å². The summed E-state index contributed by atoms with van der Waals surface area (Å²) in [5.74, 6) is -0.481. The van der Waals surface area contributed by atoms with Gasteiger partial charge in [0.2, 0.25) is 5.43 Å². The Bertz CT molecular complexity index is 1150. The van der Waals surface area contributed by atoms with Gasteiger partial charge in [-0.2, -0.15) is 0 Å². The molecule has 164 valence electrons. The lowest BCUT2D eigenvalue weighted by atomic mass is 10.1. The second-order valence-corrected chi connectivity index (χ2v) is 8.99. The van der Waals surface area contributed by atoms with E-state index < -0.39 is 28.8 Å². The molecule has 31 heavy (non-hydrogen) atoms. The largest absolute Gasteiger partial charge is 0.350 e. The lowest BCUT2D eigenvalue weighted by molar-refractivity contribution is 0.0917. The van der Waals surface area contributed by atoms with E-state index in [0.717, 1.165) is 11.0 Å². The standard InChI is InChI=1S/C23H29N5O3/c1-13(2)28-11-15(19(29)16(12-28)22(31)27-23(4,5)6)21(30)24-14(3)20-25-17-9-7-8-10-18(17)26-20/h7-14H,1-6H3,(H,24,30)(H,25,26)(H,27,31). The number of aromatic amines is 1. The molecule has 0 aliphatic heterocycles. The van der Waals surface area contributed by atoms with Crippen molar-refractivity contribution in [3.63, 3.8) is 0 Å². The van der Waals surface area contributed by atoms with Crippen molar-refractivity contribution in [2.75, 3.05) is 0 Å². The third-order valence-corrected chi connectivity index (χ3v) is 4.79. The molecule has 3 N–H and O–H groups in total. The van der Waals surface area contributed by atoms with Gasteiger partial charge in [-0.3, -0.25) is 14.4 Å². The van der Waals surface area contributed by atoms with Gasteiger partial charge in [-0.05, 0) is 53.7 Å². The Balaban J connectivity index is 1.93. The second-order valence-electron chi connectivity index (χ2n) is 8.99. The van der Waals surface area contributed by atoms with Crippen LogP contribution < -0.4 is 16.1 Å². The van der Waals surface area contributed by atoms with Crippen molar-refractivity contribution >= 4 is 22.8 Å². The topological polar surface area (TPSA) is 109 Å². The fourth-order valence-electron chi connectivity index (χ4n) is 3.15. The van der Waals surface area contributed by atoms with Crippen LogP contribution in [0.5, 0.6) is 0 Å². The molecule has 0 saturated carbocycles. The minimum atomic E-state index is -0.604. The van der Waals surface area contributed by atoms with E-state index in [1.54, 1.807) is 11.5 Å². The fourth-order valence-corrected chi connectivity index (χ4v) is 3.15. The number of H-pyrrole nitrogens is 1. The van der Waals surface area contributed by atoms with Gasteiger partial charge in [0.25, 0.3) is 11.8 Å². The zero-order valence-electron chi connectivity index (χ0n) is 18.7. The molecule has 1 atom stereocenters. The van der Waals surface area contributed by atoms with E-state index in [1.807, 2.05) is 58.9 Å². The van der Waals surface area contributed by atoms with Gasteiger partial charge in [0.15, 0.2) is 0 Å². The molecule has 8 nitrogen and oxygen atoms in total. The summed E-state index contributed by atoms with van der Waals surface area (Å²) in [6.45, 7) is 11.1. The van der Waals surface area contributed by atoms with Crippen molar-refractivity contribution < 1.29 is 9.59 Å². The number of carbonyl (C=O) groups excluding carboxylic acids is 2. The number of nitrogens with one attached hydrogen (secondary N) is 3. The molecule has 8 heteroatoms. The number of hydrogen-bond acceptors (Lipinski definition) is 4. The van der Waals surface area contributed by atoms with Gasteiger partial charge in [0.1, 0.15) is 17.0 Å². The third kappa shape index (κ3) is 5.02. The number of carbonyl (C=O) groups is 2. The average molecular weight is 424 g/mol. The molecule has 0 aliphatic carbocycles. The number of amides is 2. The summed E-state index contributed by atoms with van der Waals surface area (Å²) in [6.07, 6.45) is 2.98. The monoisotopic (exact) mass is 423 g/mol. The zero-order chi connectivity index (χ0) is 22.9. The molecule has 0 spiro atoms. The minimum Gasteiger partial charge on any atom is -0.350 e. The normalized spacial score (nSPS) is 12.7. The molecule has 3 aromatic rings. The predicted molar refractivity (Wildman–Crippen MR) is 120 cm³/mol. The number of benzene rings is 1. The Morgan fingerprint density at radius 3 is 2.23 bits per heavy atom. The Morgan fingerprint density at radius 2 is 1.65 bits per heavy atom. The van der Waals surface area contributed by atoms with Crippen LogP contribution in [-0.2, 0) is 0 Å². The molecule has 0 aliphatic rings. The van der Waals surface area contributed by atoms with Crippen molar-refractivity contribution in [3.8, 4) is 0 Å². The second kappa shape index (κ2) is 8.37. The van der Waals surface area contributed by atoms with E-state index in [2.05, 4.69) is 20.6 Å². The number of pyridine rings is 1. The Morgan fingerprint density at radius 1 is 1.03 bits per heavy atom. The third-order valence-electron chi connectivity index (χ3n) is 4.79. The van der Waals surface area contributed by atoms with Crippen molar-refractivity contribution in [3.05, 3.63) is 63.8 Å². The van der Waals surface area contributed by atoms with E-state index in [1.165, 1.54) is 12.4 Å². The maximum Gasteiger partial charge on any atom is 0.257 e. The maximum absolute atomic E-state index is 13.0. The van der Waals surface area contributed by atoms with E-state index in [-0.39, 0.29) is 17.2 Å². The predicted octanol–water partition coefficient (Wildman–Crippen LogP) is 3.32.